The van der Waals surface area contributed by atoms with Gasteiger partial charge in [0.1, 0.15) is 18.1 Å². The average molecular weight is 419 g/mol. The van der Waals surface area contributed by atoms with Crippen LogP contribution in [0.1, 0.15) is 26.2 Å². The zero-order valence-corrected chi connectivity index (χ0v) is 15.6. The smallest absolute Gasteiger partial charge is 0.326 e. The van der Waals surface area contributed by atoms with E-state index < -0.39 is 85.6 Å². The summed E-state index contributed by atoms with van der Waals surface area (Å²) < 4.78 is 0. The standard InChI is InChI=1S/C15H25N5O9/c1-6(21)12(17)14(27)18-5-10(23)19-7(2-3-11(24)25)13(26)20-8(15(28)29)4-9(16)22/h6-8,12,21H,2-5,17H2,1H3,(H2,16,22)(H,18,27)(H,19,23)(H,20,26)(H,24,25)(H,28,29). The summed E-state index contributed by atoms with van der Waals surface area (Å²) in [5.74, 6) is -6.63. The molecular formula is C15H25N5O9. The molecule has 4 atom stereocenters. The van der Waals surface area contributed by atoms with Crippen LogP contribution in [0, 0.1) is 0 Å². The van der Waals surface area contributed by atoms with Crippen molar-refractivity contribution in [1.29, 1.82) is 0 Å². The Labute approximate surface area is 165 Å². The van der Waals surface area contributed by atoms with E-state index in [2.05, 4.69) is 10.6 Å². The lowest BCUT2D eigenvalue weighted by Crippen LogP contribution is -2.55. The van der Waals surface area contributed by atoms with Crippen molar-refractivity contribution in [2.75, 3.05) is 6.54 Å². The van der Waals surface area contributed by atoms with Crippen molar-refractivity contribution >= 4 is 35.6 Å². The summed E-state index contributed by atoms with van der Waals surface area (Å²) in [7, 11) is 0. The van der Waals surface area contributed by atoms with Crippen LogP contribution in [-0.2, 0) is 28.8 Å². The van der Waals surface area contributed by atoms with Crippen molar-refractivity contribution in [3.05, 3.63) is 0 Å². The van der Waals surface area contributed by atoms with E-state index in [1.807, 2.05) is 5.32 Å². The largest absolute Gasteiger partial charge is 0.481 e. The van der Waals surface area contributed by atoms with E-state index in [9.17, 15) is 33.9 Å². The minimum Gasteiger partial charge on any atom is -0.481 e. The minimum absolute atomic E-state index is 0.392. The van der Waals surface area contributed by atoms with E-state index in [1.165, 1.54) is 6.92 Å². The third-order valence-electron chi connectivity index (χ3n) is 3.56. The van der Waals surface area contributed by atoms with E-state index in [0.717, 1.165) is 0 Å². The molecular weight excluding hydrogens is 394 g/mol. The molecule has 0 saturated heterocycles. The molecule has 14 heteroatoms. The number of primary amides is 1. The van der Waals surface area contributed by atoms with Crippen LogP contribution in [0.25, 0.3) is 0 Å². The van der Waals surface area contributed by atoms with Crippen LogP contribution in [0.3, 0.4) is 0 Å². The quantitative estimate of drug-likeness (QED) is 0.142. The maximum atomic E-state index is 12.2. The predicted octanol–water partition coefficient (Wildman–Crippen LogP) is -4.39. The number of carbonyl (C=O) groups is 6. The van der Waals surface area contributed by atoms with Crippen LogP contribution in [0.5, 0.6) is 0 Å². The molecule has 0 heterocycles. The highest BCUT2D eigenvalue weighted by Crippen LogP contribution is 2.01. The fourth-order valence-electron chi connectivity index (χ4n) is 1.96. The first-order valence-corrected chi connectivity index (χ1v) is 8.39. The maximum absolute atomic E-state index is 12.2. The summed E-state index contributed by atoms with van der Waals surface area (Å²) in [6.45, 7) is 0.626. The third-order valence-corrected chi connectivity index (χ3v) is 3.56. The number of rotatable bonds is 13. The van der Waals surface area contributed by atoms with Crippen molar-refractivity contribution in [2.45, 2.75) is 50.4 Å². The lowest BCUT2D eigenvalue weighted by atomic mass is 10.1. The second-order valence-corrected chi connectivity index (χ2v) is 6.11. The molecule has 10 N–H and O–H groups in total. The molecule has 0 rings (SSSR count). The number of carboxylic acids is 2. The number of amides is 4. The van der Waals surface area contributed by atoms with Gasteiger partial charge in [-0.2, -0.15) is 0 Å². The van der Waals surface area contributed by atoms with Gasteiger partial charge in [-0.25, -0.2) is 4.79 Å². The number of aliphatic hydroxyl groups excluding tert-OH is 1. The second-order valence-electron chi connectivity index (χ2n) is 6.11. The van der Waals surface area contributed by atoms with Gasteiger partial charge in [0.05, 0.1) is 19.1 Å². The Hall–Kier alpha value is -3.26. The molecule has 0 aliphatic heterocycles. The van der Waals surface area contributed by atoms with E-state index in [4.69, 9.17) is 21.7 Å². The summed E-state index contributed by atoms with van der Waals surface area (Å²) in [6, 6.07) is -4.43. The summed E-state index contributed by atoms with van der Waals surface area (Å²) in [5.41, 5.74) is 10.3. The number of nitrogens with one attached hydrogen (secondary N) is 3. The van der Waals surface area contributed by atoms with Gasteiger partial charge < -0.3 is 42.7 Å². The lowest BCUT2D eigenvalue weighted by molar-refractivity contribution is -0.144. The Morgan fingerprint density at radius 2 is 1.55 bits per heavy atom. The Kier molecular flexibility index (Phi) is 10.9. The van der Waals surface area contributed by atoms with Gasteiger partial charge in [-0.3, -0.25) is 24.0 Å². The molecule has 0 aromatic carbocycles. The first-order chi connectivity index (χ1) is 13.3. The van der Waals surface area contributed by atoms with Crippen LogP contribution in [0.4, 0.5) is 0 Å². The SMILES string of the molecule is CC(O)C(N)C(=O)NCC(=O)NC(CCC(=O)O)C(=O)NC(CC(N)=O)C(=O)O. The highest BCUT2D eigenvalue weighted by Gasteiger charge is 2.28. The highest BCUT2D eigenvalue weighted by atomic mass is 16.4. The minimum atomic E-state index is -1.67. The van der Waals surface area contributed by atoms with Crippen molar-refractivity contribution in [3.8, 4) is 0 Å². The number of aliphatic carboxylic acids is 2. The summed E-state index contributed by atoms with van der Waals surface area (Å²) in [6.07, 6.45) is -2.82. The molecule has 29 heavy (non-hydrogen) atoms. The van der Waals surface area contributed by atoms with Gasteiger partial charge in [0.2, 0.25) is 23.6 Å². The molecule has 14 nitrogen and oxygen atoms in total. The van der Waals surface area contributed by atoms with Gasteiger partial charge in [-0.15, -0.1) is 0 Å². The third kappa shape index (κ3) is 10.6. The van der Waals surface area contributed by atoms with Gasteiger partial charge in [-0.05, 0) is 13.3 Å². The molecule has 0 bridgehead atoms. The summed E-state index contributed by atoms with van der Waals surface area (Å²) >= 11 is 0. The number of carboxylic acid groups (broad SMARTS) is 2. The van der Waals surface area contributed by atoms with Crippen molar-refractivity contribution in [2.24, 2.45) is 11.5 Å². The van der Waals surface area contributed by atoms with Gasteiger partial charge in [-0.1, -0.05) is 0 Å². The summed E-state index contributed by atoms with van der Waals surface area (Å²) in [5, 5.41) is 33.2. The molecule has 0 saturated carbocycles. The van der Waals surface area contributed by atoms with Gasteiger partial charge in [0.25, 0.3) is 0 Å². The zero-order chi connectivity index (χ0) is 22.7. The number of hydrogen-bond donors (Lipinski definition) is 8. The van der Waals surface area contributed by atoms with Gasteiger partial charge in [0.15, 0.2) is 0 Å². The summed E-state index contributed by atoms with van der Waals surface area (Å²) in [4.78, 5) is 68.5. The fraction of sp³-hybridized carbons (Fsp3) is 0.600. The van der Waals surface area contributed by atoms with Gasteiger partial charge >= 0.3 is 11.9 Å². The molecule has 0 aliphatic rings. The van der Waals surface area contributed by atoms with Crippen LogP contribution < -0.4 is 27.4 Å². The Morgan fingerprint density at radius 3 is 2.00 bits per heavy atom. The van der Waals surface area contributed by atoms with Crippen molar-refractivity contribution < 1.29 is 44.1 Å². The molecule has 4 unspecified atom stereocenters. The topological polar surface area (TPSA) is 251 Å². The molecule has 0 aromatic rings. The average Bonchev–Trinajstić information content (AvgIpc) is 2.60. The Morgan fingerprint density at radius 1 is 0.966 bits per heavy atom. The van der Waals surface area contributed by atoms with Crippen molar-refractivity contribution in [1.82, 2.24) is 16.0 Å². The molecule has 0 radical (unpaired) electrons. The number of hydrogen-bond acceptors (Lipinski definition) is 8. The first kappa shape index (κ1) is 25.7. The second kappa shape index (κ2) is 12.2. The number of aliphatic hydroxyl groups is 1. The maximum Gasteiger partial charge on any atom is 0.326 e. The lowest BCUT2D eigenvalue weighted by Gasteiger charge is -2.21. The molecule has 0 spiro atoms. The molecule has 0 fully saturated rings. The monoisotopic (exact) mass is 419 g/mol. The van der Waals surface area contributed by atoms with Crippen LogP contribution in [0.2, 0.25) is 0 Å². The zero-order valence-electron chi connectivity index (χ0n) is 15.6. The normalized spacial score (nSPS) is 14.6. The number of carbonyl (C=O) groups excluding carboxylic acids is 4. The van der Waals surface area contributed by atoms with Crippen LogP contribution >= 0.6 is 0 Å². The molecule has 4 amide bonds. The van der Waals surface area contributed by atoms with E-state index in [0.29, 0.717) is 0 Å². The Balaban J connectivity index is 5.02. The van der Waals surface area contributed by atoms with E-state index >= 15 is 0 Å². The van der Waals surface area contributed by atoms with Crippen molar-refractivity contribution in [3.63, 3.8) is 0 Å². The Bertz CT molecular complexity index is 652. The van der Waals surface area contributed by atoms with Crippen LogP contribution in [-0.4, -0.2) is 81.7 Å². The van der Waals surface area contributed by atoms with E-state index in [1.54, 1.807) is 0 Å². The molecule has 0 aliphatic carbocycles. The highest BCUT2D eigenvalue weighted by molar-refractivity contribution is 5.93. The van der Waals surface area contributed by atoms with Gasteiger partial charge in [0, 0.05) is 6.42 Å². The molecule has 0 aromatic heterocycles. The van der Waals surface area contributed by atoms with E-state index in [-0.39, 0.29) is 0 Å². The van der Waals surface area contributed by atoms with Crippen LogP contribution in [0.15, 0.2) is 0 Å². The predicted molar refractivity (Wildman–Crippen MR) is 94.8 cm³/mol. The first-order valence-electron chi connectivity index (χ1n) is 8.39. The fourth-order valence-corrected chi connectivity index (χ4v) is 1.96. The number of nitrogens with two attached hydrogens (primary N) is 2. The molecule has 164 valence electrons.